The first-order valence-electron chi connectivity index (χ1n) is 6.77. The molecule has 0 aromatic heterocycles. The Balaban J connectivity index is 2.24. The van der Waals surface area contributed by atoms with Crippen LogP contribution in [0.15, 0.2) is 12.1 Å². The number of aryl methyl sites for hydroxylation is 2. The van der Waals surface area contributed by atoms with Gasteiger partial charge in [-0.05, 0) is 38.3 Å². The molecule has 0 unspecified atom stereocenters. The fraction of sp³-hybridized carbons (Fsp3) is 0.500. The molecule has 0 aliphatic carbocycles. The second kappa shape index (κ2) is 5.79. The van der Waals surface area contributed by atoms with Crippen molar-refractivity contribution < 1.29 is 14.5 Å². The van der Waals surface area contributed by atoms with Crippen LogP contribution < -0.4 is 11.1 Å². The minimum atomic E-state index is -0.982. The number of rotatable bonds is 3. The van der Waals surface area contributed by atoms with Crippen molar-refractivity contribution in [3.63, 3.8) is 0 Å². The predicted molar refractivity (Wildman–Crippen MR) is 78.2 cm³/mol. The van der Waals surface area contributed by atoms with Gasteiger partial charge >= 0.3 is 0 Å². The molecule has 114 valence electrons. The topological polar surface area (TPSA) is 107 Å². The van der Waals surface area contributed by atoms with Crippen molar-refractivity contribution in [3.8, 4) is 0 Å². The van der Waals surface area contributed by atoms with Crippen LogP contribution in [0.25, 0.3) is 0 Å². The van der Waals surface area contributed by atoms with Crippen molar-refractivity contribution in [2.75, 3.05) is 18.5 Å². The number of nitro groups is 1. The van der Waals surface area contributed by atoms with E-state index in [1.165, 1.54) is 6.07 Å². The number of benzene rings is 1. The molecular weight excluding hydrogens is 274 g/mol. The summed E-state index contributed by atoms with van der Waals surface area (Å²) in [5.41, 5.74) is 6.85. The molecule has 1 saturated heterocycles. The largest absolute Gasteiger partial charge is 0.381 e. The quantitative estimate of drug-likeness (QED) is 0.651. The van der Waals surface area contributed by atoms with Crippen LogP contribution in [0.3, 0.4) is 0 Å². The van der Waals surface area contributed by atoms with Gasteiger partial charge in [-0.1, -0.05) is 0 Å². The summed E-state index contributed by atoms with van der Waals surface area (Å²) in [6, 6.07) is 3.06. The monoisotopic (exact) mass is 293 g/mol. The fourth-order valence-electron chi connectivity index (χ4n) is 2.38. The van der Waals surface area contributed by atoms with Crippen LogP contribution in [0.2, 0.25) is 0 Å². The number of nitrogens with two attached hydrogens (primary N) is 1. The number of hydrogen-bond donors (Lipinski definition) is 2. The maximum atomic E-state index is 12.3. The highest BCUT2D eigenvalue weighted by atomic mass is 16.6. The molecule has 1 heterocycles. The van der Waals surface area contributed by atoms with Crippen molar-refractivity contribution in [1.29, 1.82) is 0 Å². The van der Waals surface area contributed by atoms with E-state index in [4.69, 9.17) is 10.5 Å². The molecule has 0 spiro atoms. The molecule has 3 N–H and O–H groups in total. The predicted octanol–water partition coefficient (Wildman–Crippen LogP) is 1.66. The van der Waals surface area contributed by atoms with Crippen LogP contribution in [0.5, 0.6) is 0 Å². The zero-order valence-corrected chi connectivity index (χ0v) is 12.1. The summed E-state index contributed by atoms with van der Waals surface area (Å²) in [5.74, 6) is -0.327. The molecule has 7 nitrogen and oxygen atoms in total. The zero-order chi connectivity index (χ0) is 15.6. The second-order valence-electron chi connectivity index (χ2n) is 5.43. The molecule has 2 rings (SSSR count). The summed E-state index contributed by atoms with van der Waals surface area (Å²) in [5, 5.41) is 13.7. The molecule has 1 aromatic carbocycles. The van der Waals surface area contributed by atoms with E-state index in [-0.39, 0.29) is 11.6 Å². The van der Waals surface area contributed by atoms with Crippen LogP contribution in [0, 0.1) is 24.0 Å². The smallest absolute Gasteiger partial charge is 0.274 e. The molecule has 0 radical (unpaired) electrons. The molecule has 1 aliphatic rings. The Labute approximate surface area is 122 Å². The summed E-state index contributed by atoms with van der Waals surface area (Å²) < 4.78 is 5.21. The van der Waals surface area contributed by atoms with Gasteiger partial charge in [0, 0.05) is 24.8 Å². The average Bonchev–Trinajstić information content (AvgIpc) is 2.42. The van der Waals surface area contributed by atoms with Gasteiger partial charge < -0.3 is 15.8 Å². The molecule has 1 aliphatic heterocycles. The van der Waals surface area contributed by atoms with E-state index in [1.807, 2.05) is 0 Å². The van der Waals surface area contributed by atoms with E-state index in [1.54, 1.807) is 19.9 Å². The number of hydrogen-bond acceptors (Lipinski definition) is 5. The summed E-state index contributed by atoms with van der Waals surface area (Å²) in [7, 11) is 0. The number of anilines is 1. The molecule has 7 heteroatoms. The molecule has 1 fully saturated rings. The van der Waals surface area contributed by atoms with E-state index < -0.39 is 10.5 Å². The maximum absolute atomic E-state index is 12.3. The van der Waals surface area contributed by atoms with Crippen molar-refractivity contribution in [1.82, 2.24) is 0 Å². The Bertz CT molecular complexity index is 580. The lowest BCUT2D eigenvalue weighted by Gasteiger charge is -2.31. The molecule has 0 bridgehead atoms. The lowest BCUT2D eigenvalue weighted by Crippen LogP contribution is -2.54. The Morgan fingerprint density at radius 1 is 1.33 bits per heavy atom. The van der Waals surface area contributed by atoms with Crippen molar-refractivity contribution in [2.24, 2.45) is 5.73 Å². The average molecular weight is 293 g/mol. The third kappa shape index (κ3) is 3.20. The van der Waals surface area contributed by atoms with Gasteiger partial charge in [-0.15, -0.1) is 0 Å². The van der Waals surface area contributed by atoms with Gasteiger partial charge in [-0.3, -0.25) is 14.9 Å². The third-order valence-corrected chi connectivity index (χ3v) is 3.83. The number of nitrogens with one attached hydrogen (secondary N) is 1. The highest BCUT2D eigenvalue weighted by Gasteiger charge is 2.36. The standard InChI is InChI=1S/C14H19N3O4/c1-9-7-10(2)12(17(19)20)8-11(9)16-13(18)14(15)3-5-21-6-4-14/h7-8H,3-6,15H2,1-2H3,(H,16,18). The molecule has 1 amide bonds. The zero-order valence-electron chi connectivity index (χ0n) is 12.1. The van der Waals surface area contributed by atoms with Gasteiger partial charge in [0.15, 0.2) is 0 Å². The summed E-state index contributed by atoms with van der Waals surface area (Å²) >= 11 is 0. The van der Waals surface area contributed by atoms with E-state index in [9.17, 15) is 14.9 Å². The van der Waals surface area contributed by atoms with Crippen LogP contribution in [0.1, 0.15) is 24.0 Å². The van der Waals surface area contributed by atoms with Crippen molar-refractivity contribution in [2.45, 2.75) is 32.2 Å². The van der Waals surface area contributed by atoms with Crippen molar-refractivity contribution in [3.05, 3.63) is 33.4 Å². The lowest BCUT2D eigenvalue weighted by atomic mass is 9.90. The first-order valence-corrected chi connectivity index (χ1v) is 6.77. The van der Waals surface area contributed by atoms with Crippen LogP contribution in [-0.2, 0) is 9.53 Å². The van der Waals surface area contributed by atoms with Crippen LogP contribution >= 0.6 is 0 Å². The first-order chi connectivity index (χ1) is 9.83. The number of ether oxygens (including phenoxy) is 1. The molecule has 0 saturated carbocycles. The van der Waals surface area contributed by atoms with E-state index in [0.29, 0.717) is 37.3 Å². The van der Waals surface area contributed by atoms with E-state index >= 15 is 0 Å². The number of amides is 1. The Morgan fingerprint density at radius 2 is 1.95 bits per heavy atom. The minimum absolute atomic E-state index is 0.0195. The van der Waals surface area contributed by atoms with E-state index in [0.717, 1.165) is 5.56 Å². The fourth-order valence-corrected chi connectivity index (χ4v) is 2.38. The van der Waals surface area contributed by atoms with Gasteiger partial charge in [0.05, 0.1) is 10.6 Å². The van der Waals surface area contributed by atoms with Crippen LogP contribution in [0.4, 0.5) is 11.4 Å². The normalized spacial score (nSPS) is 17.3. The minimum Gasteiger partial charge on any atom is -0.381 e. The van der Waals surface area contributed by atoms with Gasteiger partial charge in [-0.25, -0.2) is 0 Å². The third-order valence-electron chi connectivity index (χ3n) is 3.83. The SMILES string of the molecule is Cc1cc(C)c([N+](=O)[O-])cc1NC(=O)C1(N)CCOCC1. The van der Waals surface area contributed by atoms with Gasteiger partial charge in [0.2, 0.25) is 5.91 Å². The van der Waals surface area contributed by atoms with Gasteiger partial charge in [0.1, 0.15) is 5.54 Å². The summed E-state index contributed by atoms with van der Waals surface area (Å²) in [6.45, 7) is 4.34. The summed E-state index contributed by atoms with van der Waals surface area (Å²) in [6.07, 6.45) is 0.873. The highest BCUT2D eigenvalue weighted by molar-refractivity contribution is 5.98. The van der Waals surface area contributed by atoms with Gasteiger partial charge in [0.25, 0.3) is 5.69 Å². The maximum Gasteiger partial charge on any atom is 0.274 e. The second-order valence-corrected chi connectivity index (χ2v) is 5.43. The number of nitro benzene ring substituents is 1. The number of carbonyl (C=O) groups is 1. The highest BCUT2D eigenvalue weighted by Crippen LogP contribution is 2.28. The van der Waals surface area contributed by atoms with E-state index in [2.05, 4.69) is 5.32 Å². The summed E-state index contributed by atoms with van der Waals surface area (Å²) in [4.78, 5) is 22.9. The molecule has 0 atom stereocenters. The Hall–Kier alpha value is -1.99. The first kappa shape index (κ1) is 15.4. The molecular formula is C14H19N3O4. The Morgan fingerprint density at radius 3 is 2.52 bits per heavy atom. The number of carbonyl (C=O) groups excluding carboxylic acids is 1. The molecule has 1 aromatic rings. The Kier molecular flexibility index (Phi) is 4.24. The number of nitrogens with zero attached hydrogens (tertiary/aromatic N) is 1. The van der Waals surface area contributed by atoms with Crippen LogP contribution in [-0.4, -0.2) is 29.6 Å². The lowest BCUT2D eigenvalue weighted by molar-refractivity contribution is -0.385. The molecule has 21 heavy (non-hydrogen) atoms. The van der Waals surface area contributed by atoms with Crippen molar-refractivity contribution >= 4 is 17.3 Å². The van der Waals surface area contributed by atoms with Gasteiger partial charge in [-0.2, -0.15) is 0 Å².